The first-order chi connectivity index (χ1) is 10.3. The standard InChI is InChI=1S/C17H19FN4/c1-11-7-14-16(20-9-11)22(10-17(2,3)19)15(21-14)12-5-4-6-13(18)8-12/h4-9H,10,19H2,1-3H3. The fourth-order valence-corrected chi connectivity index (χ4v) is 2.52. The van der Waals surface area contributed by atoms with Gasteiger partial charge in [-0.1, -0.05) is 12.1 Å². The van der Waals surface area contributed by atoms with Gasteiger partial charge in [-0.2, -0.15) is 0 Å². The van der Waals surface area contributed by atoms with Crippen molar-refractivity contribution in [1.82, 2.24) is 14.5 Å². The van der Waals surface area contributed by atoms with Crippen molar-refractivity contribution < 1.29 is 4.39 Å². The first-order valence-electron chi connectivity index (χ1n) is 7.21. The van der Waals surface area contributed by atoms with Crippen molar-refractivity contribution in [2.24, 2.45) is 5.73 Å². The van der Waals surface area contributed by atoms with Crippen LogP contribution in [0.3, 0.4) is 0 Å². The van der Waals surface area contributed by atoms with Gasteiger partial charge in [0.05, 0.1) is 0 Å². The summed E-state index contributed by atoms with van der Waals surface area (Å²) >= 11 is 0. The average Bonchev–Trinajstić information content (AvgIpc) is 2.74. The number of aryl methyl sites for hydroxylation is 1. The molecule has 2 aromatic heterocycles. The maximum Gasteiger partial charge on any atom is 0.160 e. The van der Waals surface area contributed by atoms with Crippen LogP contribution in [-0.2, 0) is 6.54 Å². The van der Waals surface area contributed by atoms with E-state index in [1.54, 1.807) is 12.3 Å². The third kappa shape index (κ3) is 2.85. The Morgan fingerprint density at radius 2 is 2.05 bits per heavy atom. The van der Waals surface area contributed by atoms with Crippen molar-refractivity contribution >= 4 is 11.2 Å². The average molecular weight is 298 g/mol. The summed E-state index contributed by atoms with van der Waals surface area (Å²) in [5.41, 5.74) is 9.07. The molecule has 0 aliphatic heterocycles. The number of halogens is 1. The van der Waals surface area contributed by atoms with Crippen LogP contribution in [0, 0.1) is 12.7 Å². The lowest BCUT2D eigenvalue weighted by atomic mass is 10.1. The molecule has 0 amide bonds. The summed E-state index contributed by atoms with van der Waals surface area (Å²) in [6.07, 6.45) is 1.80. The number of hydrogen-bond acceptors (Lipinski definition) is 3. The van der Waals surface area contributed by atoms with E-state index in [1.807, 2.05) is 37.5 Å². The molecule has 2 N–H and O–H groups in total. The fourth-order valence-electron chi connectivity index (χ4n) is 2.52. The number of nitrogens with two attached hydrogens (primary N) is 1. The molecule has 0 saturated carbocycles. The van der Waals surface area contributed by atoms with Gasteiger partial charge in [0.25, 0.3) is 0 Å². The van der Waals surface area contributed by atoms with Crippen molar-refractivity contribution in [3.05, 3.63) is 47.9 Å². The van der Waals surface area contributed by atoms with Crippen LogP contribution in [0.25, 0.3) is 22.6 Å². The molecule has 3 rings (SSSR count). The highest BCUT2D eigenvalue weighted by Crippen LogP contribution is 2.26. The summed E-state index contributed by atoms with van der Waals surface area (Å²) in [6.45, 7) is 6.41. The number of fused-ring (bicyclic) bond motifs is 1. The highest BCUT2D eigenvalue weighted by atomic mass is 19.1. The largest absolute Gasteiger partial charge is 0.324 e. The van der Waals surface area contributed by atoms with Crippen LogP contribution in [0.15, 0.2) is 36.5 Å². The fraction of sp³-hybridized carbons (Fsp3) is 0.294. The molecule has 0 atom stereocenters. The SMILES string of the molecule is Cc1cnc2c(c1)nc(-c1cccc(F)c1)n2CC(C)(C)N. The van der Waals surface area contributed by atoms with Crippen molar-refractivity contribution in [2.45, 2.75) is 32.9 Å². The number of nitrogens with zero attached hydrogens (tertiary/aromatic N) is 3. The minimum absolute atomic E-state index is 0.285. The van der Waals surface area contributed by atoms with E-state index in [4.69, 9.17) is 5.73 Å². The van der Waals surface area contributed by atoms with Crippen LogP contribution in [0.1, 0.15) is 19.4 Å². The van der Waals surface area contributed by atoms with Crippen LogP contribution >= 0.6 is 0 Å². The van der Waals surface area contributed by atoms with Crippen LogP contribution in [0.4, 0.5) is 4.39 Å². The second-order valence-electron chi connectivity index (χ2n) is 6.38. The number of benzene rings is 1. The lowest BCUT2D eigenvalue weighted by Crippen LogP contribution is -2.37. The molecular weight excluding hydrogens is 279 g/mol. The van der Waals surface area contributed by atoms with Gasteiger partial charge >= 0.3 is 0 Å². The van der Waals surface area contributed by atoms with E-state index in [1.165, 1.54) is 12.1 Å². The molecule has 5 heteroatoms. The van der Waals surface area contributed by atoms with Crippen LogP contribution < -0.4 is 5.73 Å². The lowest BCUT2D eigenvalue weighted by Gasteiger charge is -2.21. The third-order valence-electron chi connectivity index (χ3n) is 3.37. The highest BCUT2D eigenvalue weighted by Gasteiger charge is 2.20. The molecule has 0 bridgehead atoms. The number of pyridine rings is 1. The summed E-state index contributed by atoms with van der Waals surface area (Å²) in [6, 6.07) is 8.41. The molecule has 1 aromatic carbocycles. The van der Waals surface area contributed by atoms with Gasteiger partial charge in [0.1, 0.15) is 17.2 Å². The Morgan fingerprint density at radius 1 is 1.27 bits per heavy atom. The van der Waals surface area contributed by atoms with E-state index < -0.39 is 5.54 Å². The summed E-state index contributed by atoms with van der Waals surface area (Å²) < 4.78 is 15.5. The minimum atomic E-state index is -0.428. The van der Waals surface area contributed by atoms with Crippen LogP contribution in [-0.4, -0.2) is 20.1 Å². The van der Waals surface area contributed by atoms with Crippen molar-refractivity contribution in [3.8, 4) is 11.4 Å². The zero-order valence-electron chi connectivity index (χ0n) is 13.0. The highest BCUT2D eigenvalue weighted by molar-refractivity contribution is 5.77. The number of imidazole rings is 1. The van der Waals surface area contributed by atoms with Gasteiger partial charge in [0, 0.05) is 23.8 Å². The van der Waals surface area contributed by atoms with E-state index >= 15 is 0 Å². The van der Waals surface area contributed by atoms with Gasteiger partial charge in [-0.25, -0.2) is 14.4 Å². The Bertz CT molecular complexity index is 830. The molecule has 0 fully saturated rings. The van der Waals surface area contributed by atoms with E-state index in [0.29, 0.717) is 12.4 Å². The predicted molar refractivity (Wildman–Crippen MR) is 85.9 cm³/mol. The molecule has 0 aliphatic rings. The summed E-state index contributed by atoms with van der Waals surface area (Å²) in [5.74, 6) is 0.401. The van der Waals surface area contributed by atoms with Gasteiger partial charge in [0.15, 0.2) is 5.65 Å². The van der Waals surface area contributed by atoms with Gasteiger partial charge in [-0.05, 0) is 44.5 Å². The zero-order chi connectivity index (χ0) is 15.9. The maximum atomic E-state index is 13.6. The Hall–Kier alpha value is -2.27. The molecule has 114 valence electrons. The maximum absolute atomic E-state index is 13.6. The van der Waals surface area contributed by atoms with Crippen LogP contribution in [0.5, 0.6) is 0 Å². The Balaban J connectivity index is 2.25. The normalized spacial score (nSPS) is 12.0. The van der Waals surface area contributed by atoms with Gasteiger partial charge in [0.2, 0.25) is 0 Å². The molecular formula is C17H19FN4. The van der Waals surface area contributed by atoms with E-state index in [2.05, 4.69) is 9.97 Å². The van der Waals surface area contributed by atoms with Crippen molar-refractivity contribution in [3.63, 3.8) is 0 Å². The minimum Gasteiger partial charge on any atom is -0.324 e. The zero-order valence-corrected chi connectivity index (χ0v) is 13.0. The molecule has 0 radical (unpaired) electrons. The number of rotatable bonds is 3. The number of aromatic nitrogens is 3. The summed E-state index contributed by atoms with van der Waals surface area (Å²) in [5, 5.41) is 0. The smallest absolute Gasteiger partial charge is 0.160 e. The van der Waals surface area contributed by atoms with Gasteiger partial charge < -0.3 is 10.3 Å². The number of hydrogen-bond donors (Lipinski definition) is 1. The third-order valence-corrected chi connectivity index (χ3v) is 3.37. The topological polar surface area (TPSA) is 56.7 Å². The van der Waals surface area contributed by atoms with Crippen molar-refractivity contribution in [2.75, 3.05) is 0 Å². The van der Waals surface area contributed by atoms with Gasteiger partial charge in [-0.3, -0.25) is 0 Å². The van der Waals surface area contributed by atoms with Crippen LogP contribution in [0.2, 0.25) is 0 Å². The van der Waals surface area contributed by atoms with E-state index in [9.17, 15) is 4.39 Å². The summed E-state index contributed by atoms with van der Waals surface area (Å²) in [4.78, 5) is 9.13. The molecule has 4 nitrogen and oxygen atoms in total. The molecule has 0 spiro atoms. The summed E-state index contributed by atoms with van der Waals surface area (Å²) in [7, 11) is 0. The van der Waals surface area contributed by atoms with E-state index in [0.717, 1.165) is 22.3 Å². The second kappa shape index (κ2) is 5.18. The van der Waals surface area contributed by atoms with Gasteiger partial charge in [-0.15, -0.1) is 0 Å². The Labute approximate surface area is 128 Å². The monoisotopic (exact) mass is 298 g/mol. The first-order valence-corrected chi connectivity index (χ1v) is 7.21. The Morgan fingerprint density at radius 3 is 2.73 bits per heavy atom. The molecule has 3 aromatic rings. The predicted octanol–water partition coefficient (Wildman–Crippen LogP) is 3.28. The molecule has 0 aliphatic carbocycles. The lowest BCUT2D eigenvalue weighted by molar-refractivity contribution is 0.441. The van der Waals surface area contributed by atoms with Crippen molar-refractivity contribution in [1.29, 1.82) is 0 Å². The molecule has 0 saturated heterocycles. The second-order valence-corrected chi connectivity index (χ2v) is 6.38. The van der Waals surface area contributed by atoms with E-state index in [-0.39, 0.29) is 5.82 Å². The molecule has 0 unspecified atom stereocenters. The first kappa shape index (κ1) is 14.7. The Kier molecular flexibility index (Phi) is 3.45. The molecule has 22 heavy (non-hydrogen) atoms. The molecule has 2 heterocycles. The quantitative estimate of drug-likeness (QED) is 0.807.